The molecule has 1 aliphatic carbocycles. The van der Waals surface area contributed by atoms with Gasteiger partial charge in [0, 0.05) is 35.2 Å². The summed E-state index contributed by atoms with van der Waals surface area (Å²) in [7, 11) is 0. The third-order valence-corrected chi connectivity index (χ3v) is 5.57. The standard InChI is InChI=1S/C22H26ClN3O2/c1-4-26(5-2)17-10-8-15(9-11-17)24-21(27)18-13-19(18)22(28)25-16-7-6-14(3)20(23)12-16/h6-12,18-19H,4-5,13H2,1-3H3,(H,24,27)(H,25,28). The molecule has 2 atom stereocenters. The van der Waals surface area contributed by atoms with Gasteiger partial charge in [-0.15, -0.1) is 0 Å². The molecule has 1 saturated carbocycles. The maximum absolute atomic E-state index is 12.4. The molecule has 1 aliphatic rings. The Morgan fingerprint density at radius 1 is 0.964 bits per heavy atom. The minimum Gasteiger partial charge on any atom is -0.372 e. The Bertz CT molecular complexity index is 863. The number of halogens is 1. The van der Waals surface area contributed by atoms with Gasteiger partial charge in [0.05, 0.1) is 11.8 Å². The van der Waals surface area contributed by atoms with Crippen LogP contribution in [0, 0.1) is 18.8 Å². The third-order valence-electron chi connectivity index (χ3n) is 5.17. The van der Waals surface area contributed by atoms with Crippen LogP contribution >= 0.6 is 11.6 Å². The number of carbonyl (C=O) groups excluding carboxylic acids is 2. The van der Waals surface area contributed by atoms with Gasteiger partial charge in [-0.25, -0.2) is 0 Å². The largest absolute Gasteiger partial charge is 0.372 e. The molecule has 148 valence electrons. The van der Waals surface area contributed by atoms with Gasteiger partial charge in [0.2, 0.25) is 11.8 Å². The number of nitrogens with zero attached hydrogens (tertiary/aromatic N) is 1. The molecule has 1 fully saturated rings. The zero-order chi connectivity index (χ0) is 20.3. The number of amides is 2. The molecular weight excluding hydrogens is 374 g/mol. The van der Waals surface area contributed by atoms with Gasteiger partial charge in [0.15, 0.2) is 0 Å². The maximum Gasteiger partial charge on any atom is 0.228 e. The van der Waals surface area contributed by atoms with Crippen molar-refractivity contribution < 1.29 is 9.59 Å². The first-order chi connectivity index (χ1) is 13.4. The van der Waals surface area contributed by atoms with Crippen LogP contribution in [0.15, 0.2) is 42.5 Å². The molecule has 2 aromatic carbocycles. The average molecular weight is 400 g/mol. The number of aryl methyl sites for hydroxylation is 1. The number of anilines is 3. The SMILES string of the molecule is CCN(CC)c1ccc(NC(=O)C2CC2C(=O)Nc2ccc(C)c(Cl)c2)cc1. The summed E-state index contributed by atoms with van der Waals surface area (Å²) >= 11 is 6.09. The topological polar surface area (TPSA) is 61.4 Å². The zero-order valence-electron chi connectivity index (χ0n) is 16.5. The highest BCUT2D eigenvalue weighted by Crippen LogP contribution is 2.40. The van der Waals surface area contributed by atoms with E-state index in [0.717, 1.165) is 30.0 Å². The minimum absolute atomic E-state index is 0.113. The fraction of sp³-hybridized carbons (Fsp3) is 0.364. The van der Waals surface area contributed by atoms with Crippen molar-refractivity contribution in [3.63, 3.8) is 0 Å². The molecule has 2 unspecified atom stereocenters. The van der Waals surface area contributed by atoms with Crippen molar-refractivity contribution in [2.75, 3.05) is 28.6 Å². The van der Waals surface area contributed by atoms with E-state index < -0.39 is 0 Å². The lowest BCUT2D eigenvalue weighted by molar-refractivity contribution is -0.122. The van der Waals surface area contributed by atoms with Gasteiger partial charge in [-0.1, -0.05) is 17.7 Å². The molecule has 0 aromatic heterocycles. The van der Waals surface area contributed by atoms with E-state index in [1.54, 1.807) is 6.07 Å². The number of nitrogens with one attached hydrogen (secondary N) is 2. The highest BCUT2D eigenvalue weighted by molar-refractivity contribution is 6.31. The quantitative estimate of drug-likeness (QED) is 0.708. The summed E-state index contributed by atoms with van der Waals surface area (Å²) in [4.78, 5) is 27.1. The van der Waals surface area contributed by atoms with Crippen LogP contribution in [0.1, 0.15) is 25.8 Å². The van der Waals surface area contributed by atoms with Crippen LogP contribution in [-0.2, 0) is 9.59 Å². The van der Waals surface area contributed by atoms with Gasteiger partial charge in [-0.3, -0.25) is 9.59 Å². The second-order valence-corrected chi connectivity index (χ2v) is 7.52. The number of rotatable bonds is 7. The normalized spacial score (nSPS) is 17.7. The van der Waals surface area contributed by atoms with E-state index in [-0.39, 0.29) is 23.7 Å². The van der Waals surface area contributed by atoms with Crippen LogP contribution in [0.5, 0.6) is 0 Å². The molecule has 0 bridgehead atoms. The van der Waals surface area contributed by atoms with Crippen LogP contribution in [0.4, 0.5) is 17.1 Å². The lowest BCUT2D eigenvalue weighted by Crippen LogP contribution is -2.22. The fourth-order valence-electron chi connectivity index (χ4n) is 3.26. The van der Waals surface area contributed by atoms with Crippen LogP contribution in [0.25, 0.3) is 0 Å². The Morgan fingerprint density at radius 2 is 1.50 bits per heavy atom. The van der Waals surface area contributed by atoms with Gasteiger partial charge in [-0.2, -0.15) is 0 Å². The molecule has 2 N–H and O–H groups in total. The predicted molar refractivity (Wildman–Crippen MR) is 115 cm³/mol. The van der Waals surface area contributed by atoms with E-state index in [1.807, 2.05) is 43.3 Å². The number of hydrogen-bond acceptors (Lipinski definition) is 3. The van der Waals surface area contributed by atoms with Crippen LogP contribution < -0.4 is 15.5 Å². The lowest BCUT2D eigenvalue weighted by atomic mass is 10.2. The van der Waals surface area contributed by atoms with Gasteiger partial charge < -0.3 is 15.5 Å². The average Bonchev–Trinajstić information content (AvgIpc) is 3.48. The molecule has 0 heterocycles. The summed E-state index contributed by atoms with van der Waals surface area (Å²) in [6.45, 7) is 8.01. The van der Waals surface area contributed by atoms with Gasteiger partial charge >= 0.3 is 0 Å². The van der Waals surface area contributed by atoms with Crippen molar-refractivity contribution in [2.24, 2.45) is 11.8 Å². The summed E-state index contributed by atoms with van der Waals surface area (Å²) in [5.74, 6) is -0.840. The summed E-state index contributed by atoms with van der Waals surface area (Å²) in [5.41, 5.74) is 3.48. The van der Waals surface area contributed by atoms with Crippen LogP contribution in [0.3, 0.4) is 0 Å². The van der Waals surface area contributed by atoms with Gasteiger partial charge in [-0.05, 0) is 69.2 Å². The second kappa shape index (κ2) is 8.65. The first kappa shape index (κ1) is 20.2. The molecule has 5 nitrogen and oxygen atoms in total. The Hall–Kier alpha value is -2.53. The summed E-state index contributed by atoms with van der Waals surface area (Å²) in [5, 5.41) is 6.36. The van der Waals surface area contributed by atoms with E-state index in [1.165, 1.54) is 0 Å². The fourth-order valence-corrected chi connectivity index (χ4v) is 3.44. The maximum atomic E-state index is 12.4. The highest BCUT2D eigenvalue weighted by atomic mass is 35.5. The first-order valence-corrected chi connectivity index (χ1v) is 10.0. The Kier molecular flexibility index (Phi) is 6.25. The van der Waals surface area contributed by atoms with Crippen LogP contribution in [0.2, 0.25) is 5.02 Å². The third kappa shape index (κ3) is 4.65. The molecular formula is C22H26ClN3O2. The number of carbonyl (C=O) groups is 2. The van der Waals surface area contributed by atoms with E-state index in [2.05, 4.69) is 29.4 Å². The molecule has 0 aliphatic heterocycles. The minimum atomic E-state index is -0.296. The Balaban J connectivity index is 1.53. The van der Waals surface area contributed by atoms with Gasteiger partial charge in [0.25, 0.3) is 0 Å². The van der Waals surface area contributed by atoms with Crippen molar-refractivity contribution in [3.05, 3.63) is 53.1 Å². The molecule has 28 heavy (non-hydrogen) atoms. The van der Waals surface area contributed by atoms with Crippen LogP contribution in [-0.4, -0.2) is 24.9 Å². The zero-order valence-corrected chi connectivity index (χ0v) is 17.2. The molecule has 3 rings (SSSR count). The molecule has 0 saturated heterocycles. The molecule has 6 heteroatoms. The van der Waals surface area contributed by atoms with E-state index >= 15 is 0 Å². The summed E-state index contributed by atoms with van der Waals surface area (Å²) in [6, 6.07) is 13.2. The molecule has 2 amide bonds. The van der Waals surface area contributed by atoms with Crippen molar-refractivity contribution in [1.82, 2.24) is 0 Å². The van der Waals surface area contributed by atoms with E-state index in [4.69, 9.17) is 11.6 Å². The van der Waals surface area contributed by atoms with E-state index in [0.29, 0.717) is 17.1 Å². The summed E-state index contributed by atoms with van der Waals surface area (Å²) in [6.07, 6.45) is 0.564. The van der Waals surface area contributed by atoms with E-state index in [9.17, 15) is 9.59 Å². The first-order valence-electron chi connectivity index (χ1n) is 9.65. The van der Waals surface area contributed by atoms with Crippen molar-refractivity contribution in [2.45, 2.75) is 27.2 Å². The molecule has 0 radical (unpaired) electrons. The monoisotopic (exact) mass is 399 g/mol. The van der Waals surface area contributed by atoms with Crippen molar-refractivity contribution in [1.29, 1.82) is 0 Å². The lowest BCUT2D eigenvalue weighted by Gasteiger charge is -2.21. The summed E-state index contributed by atoms with van der Waals surface area (Å²) < 4.78 is 0. The number of benzene rings is 2. The highest BCUT2D eigenvalue weighted by Gasteiger charge is 2.48. The van der Waals surface area contributed by atoms with Gasteiger partial charge in [0.1, 0.15) is 0 Å². The Morgan fingerprint density at radius 3 is 2.04 bits per heavy atom. The Labute approximate surface area is 171 Å². The number of hydrogen-bond donors (Lipinski definition) is 2. The smallest absolute Gasteiger partial charge is 0.228 e. The van der Waals surface area contributed by atoms with Crippen molar-refractivity contribution in [3.8, 4) is 0 Å². The molecule has 0 spiro atoms. The second-order valence-electron chi connectivity index (χ2n) is 7.11. The predicted octanol–water partition coefficient (Wildman–Crippen LogP) is 4.71. The molecule has 2 aromatic rings. The van der Waals surface area contributed by atoms with Crippen molar-refractivity contribution >= 4 is 40.5 Å².